The highest BCUT2D eigenvalue weighted by Gasteiger charge is 2.32. The Kier molecular flexibility index (Phi) is 7.19. The summed E-state index contributed by atoms with van der Waals surface area (Å²) in [5.41, 5.74) is -2.01. The molecule has 0 spiro atoms. The van der Waals surface area contributed by atoms with E-state index in [0.717, 1.165) is 24.5 Å². The number of carboxylic acid groups (broad SMARTS) is 1. The van der Waals surface area contributed by atoms with Crippen LogP contribution in [-0.4, -0.2) is 46.6 Å². The van der Waals surface area contributed by atoms with E-state index in [1.165, 1.54) is 11.4 Å². The Hall–Kier alpha value is -3.16. The molecule has 13 heteroatoms. The zero-order chi connectivity index (χ0) is 25.3. The van der Waals surface area contributed by atoms with Crippen molar-refractivity contribution in [3.8, 4) is 11.3 Å². The smallest absolute Gasteiger partial charge is 0.347 e. The van der Waals surface area contributed by atoms with Crippen molar-refractivity contribution in [3.05, 3.63) is 58.2 Å². The average molecular weight is 514 g/mol. The molecule has 3 aromatic heterocycles. The van der Waals surface area contributed by atoms with Crippen molar-refractivity contribution in [2.75, 3.05) is 6.54 Å². The van der Waals surface area contributed by atoms with Gasteiger partial charge in [0.1, 0.15) is 21.1 Å². The Labute approximate surface area is 198 Å². The summed E-state index contributed by atoms with van der Waals surface area (Å²) in [5, 5.41) is 13.3. The van der Waals surface area contributed by atoms with Crippen molar-refractivity contribution in [1.82, 2.24) is 14.3 Å². The monoisotopic (exact) mass is 513 g/mol. The van der Waals surface area contributed by atoms with E-state index < -0.39 is 60.4 Å². The van der Waals surface area contributed by atoms with E-state index in [2.05, 4.69) is 10.3 Å². The van der Waals surface area contributed by atoms with E-state index in [1.54, 1.807) is 20.8 Å². The summed E-state index contributed by atoms with van der Waals surface area (Å²) in [5.74, 6) is -4.27. The summed E-state index contributed by atoms with van der Waals surface area (Å²) in [6, 6.07) is 3.52. The fraction of sp³-hybridized carbons (Fsp3) is 0.286. The molecule has 0 fully saturated rings. The van der Waals surface area contributed by atoms with Crippen LogP contribution in [0.2, 0.25) is 0 Å². The van der Waals surface area contributed by atoms with E-state index >= 15 is 4.39 Å². The first kappa shape index (κ1) is 25.5. The number of halogens is 2. The van der Waals surface area contributed by atoms with Gasteiger partial charge in [0.05, 0.1) is 12.1 Å². The molecule has 9 nitrogen and oxygen atoms in total. The summed E-state index contributed by atoms with van der Waals surface area (Å²) in [4.78, 5) is 25.8. The standard InChI is InChI=1S/C21H21F2N3O6S2/c1-21(2,3)32-15(27)10-24-9-12-11-26(17(16(12)22)13-5-4-7-25-19(13)23)34(30,31)14-6-8-33-18(14)20(28)29/h4-8,11,24H,9-10H2,1-3H3,(H,28,29). The van der Waals surface area contributed by atoms with Crippen LogP contribution in [0.15, 0.2) is 40.9 Å². The van der Waals surface area contributed by atoms with Crippen LogP contribution in [0.25, 0.3) is 11.3 Å². The van der Waals surface area contributed by atoms with Crippen molar-refractivity contribution in [1.29, 1.82) is 0 Å². The molecule has 2 N–H and O–H groups in total. The lowest BCUT2D eigenvalue weighted by atomic mass is 10.2. The van der Waals surface area contributed by atoms with Crippen LogP contribution >= 0.6 is 11.3 Å². The first-order valence-corrected chi connectivity index (χ1v) is 12.1. The molecular formula is C21H21F2N3O6S2. The molecule has 0 atom stereocenters. The molecule has 0 unspecified atom stereocenters. The van der Waals surface area contributed by atoms with Crippen LogP contribution in [0, 0.1) is 11.8 Å². The fourth-order valence-corrected chi connectivity index (χ4v) is 5.69. The number of nitrogens with one attached hydrogen (secondary N) is 1. The lowest BCUT2D eigenvalue weighted by molar-refractivity contribution is -0.153. The van der Waals surface area contributed by atoms with Gasteiger partial charge in [-0.1, -0.05) is 0 Å². The third kappa shape index (κ3) is 5.32. The maximum absolute atomic E-state index is 15.4. The summed E-state index contributed by atoms with van der Waals surface area (Å²) in [7, 11) is -4.64. The molecule has 0 saturated heterocycles. The minimum atomic E-state index is -4.64. The highest BCUT2D eigenvalue weighted by molar-refractivity contribution is 7.90. The SMILES string of the molecule is CC(C)(C)OC(=O)CNCc1cn(S(=O)(=O)c2ccsc2C(=O)O)c(-c2cccnc2F)c1F. The topological polar surface area (TPSA) is 128 Å². The highest BCUT2D eigenvalue weighted by atomic mass is 32.2. The predicted molar refractivity (Wildman–Crippen MR) is 119 cm³/mol. The Bertz CT molecular complexity index is 1340. The predicted octanol–water partition coefficient (Wildman–Crippen LogP) is 3.26. The molecule has 0 aromatic carbocycles. The average Bonchev–Trinajstić information content (AvgIpc) is 3.34. The molecule has 3 heterocycles. The van der Waals surface area contributed by atoms with Crippen LogP contribution in [0.5, 0.6) is 0 Å². The van der Waals surface area contributed by atoms with Gasteiger partial charge in [-0.15, -0.1) is 11.3 Å². The highest BCUT2D eigenvalue weighted by Crippen LogP contribution is 2.33. The second kappa shape index (κ2) is 9.60. The van der Waals surface area contributed by atoms with E-state index in [-0.39, 0.29) is 18.7 Å². The minimum absolute atomic E-state index is 0.197. The van der Waals surface area contributed by atoms with Crippen LogP contribution in [0.4, 0.5) is 8.78 Å². The number of carbonyl (C=O) groups is 2. The molecule has 0 aliphatic rings. The van der Waals surface area contributed by atoms with Gasteiger partial charge in [0.25, 0.3) is 10.0 Å². The molecule has 3 aromatic rings. The Morgan fingerprint density at radius 1 is 1.26 bits per heavy atom. The normalized spacial score (nSPS) is 12.0. The van der Waals surface area contributed by atoms with Gasteiger partial charge in [-0.2, -0.15) is 4.39 Å². The van der Waals surface area contributed by atoms with Gasteiger partial charge in [-0.3, -0.25) is 4.79 Å². The maximum atomic E-state index is 15.4. The molecule has 0 bridgehead atoms. The van der Waals surface area contributed by atoms with Crippen molar-refractivity contribution >= 4 is 33.3 Å². The van der Waals surface area contributed by atoms with Crippen molar-refractivity contribution in [2.24, 2.45) is 0 Å². The lowest BCUT2D eigenvalue weighted by Gasteiger charge is -2.19. The second-order valence-electron chi connectivity index (χ2n) is 8.07. The number of thiophene rings is 1. The van der Waals surface area contributed by atoms with Crippen molar-refractivity contribution in [2.45, 2.75) is 37.8 Å². The summed E-state index contributed by atoms with van der Waals surface area (Å²) in [6.07, 6.45) is 2.03. The third-order valence-electron chi connectivity index (χ3n) is 4.36. The summed E-state index contributed by atoms with van der Waals surface area (Å²) >= 11 is 0.681. The van der Waals surface area contributed by atoms with Crippen LogP contribution in [-0.2, 0) is 26.1 Å². The largest absolute Gasteiger partial charge is 0.477 e. The number of ether oxygens (including phenoxy) is 1. The number of hydrogen-bond acceptors (Lipinski definition) is 8. The molecule has 3 rings (SSSR count). The quantitative estimate of drug-likeness (QED) is 0.347. The van der Waals surface area contributed by atoms with E-state index in [9.17, 15) is 27.5 Å². The van der Waals surface area contributed by atoms with Crippen molar-refractivity contribution < 1.29 is 36.6 Å². The van der Waals surface area contributed by atoms with E-state index in [4.69, 9.17) is 4.74 Å². The van der Waals surface area contributed by atoms with Gasteiger partial charge in [0, 0.05) is 24.5 Å². The second-order valence-corrected chi connectivity index (χ2v) is 10.8. The van der Waals surface area contributed by atoms with Gasteiger partial charge < -0.3 is 15.2 Å². The number of aromatic nitrogens is 2. The van der Waals surface area contributed by atoms with Crippen LogP contribution in [0.3, 0.4) is 0 Å². The molecular weight excluding hydrogens is 492 g/mol. The summed E-state index contributed by atoms with van der Waals surface area (Å²) in [6.45, 7) is 4.46. The number of hydrogen-bond donors (Lipinski definition) is 2. The van der Waals surface area contributed by atoms with Crippen LogP contribution in [0.1, 0.15) is 36.0 Å². The van der Waals surface area contributed by atoms with Gasteiger partial charge in [-0.05, 0) is 44.4 Å². The number of rotatable bonds is 8. The zero-order valence-electron chi connectivity index (χ0n) is 18.3. The third-order valence-corrected chi connectivity index (χ3v) is 7.10. The van der Waals surface area contributed by atoms with Gasteiger partial charge in [0.2, 0.25) is 5.95 Å². The van der Waals surface area contributed by atoms with Gasteiger partial charge >= 0.3 is 11.9 Å². The summed E-state index contributed by atoms with van der Waals surface area (Å²) < 4.78 is 62.2. The fourth-order valence-electron chi connectivity index (χ4n) is 3.06. The zero-order valence-corrected chi connectivity index (χ0v) is 20.0. The Balaban J connectivity index is 2.05. The number of esters is 1. The van der Waals surface area contributed by atoms with E-state index in [0.29, 0.717) is 15.3 Å². The number of aromatic carboxylic acids is 1. The number of pyridine rings is 1. The molecule has 34 heavy (non-hydrogen) atoms. The van der Waals surface area contributed by atoms with E-state index in [1.807, 2.05) is 0 Å². The molecule has 0 radical (unpaired) electrons. The Morgan fingerprint density at radius 2 is 1.97 bits per heavy atom. The minimum Gasteiger partial charge on any atom is -0.477 e. The molecule has 0 amide bonds. The molecule has 0 aliphatic heterocycles. The van der Waals surface area contributed by atoms with Gasteiger partial charge in [0.15, 0.2) is 5.82 Å². The van der Waals surface area contributed by atoms with Crippen molar-refractivity contribution in [3.63, 3.8) is 0 Å². The Morgan fingerprint density at radius 3 is 2.59 bits per heavy atom. The molecule has 0 aliphatic carbocycles. The molecule has 0 saturated carbocycles. The number of nitrogens with zero attached hydrogens (tertiary/aromatic N) is 2. The first-order valence-electron chi connectivity index (χ1n) is 9.82. The number of carbonyl (C=O) groups excluding carboxylic acids is 1. The molecule has 182 valence electrons. The number of carboxylic acids is 1. The van der Waals surface area contributed by atoms with Gasteiger partial charge in [-0.25, -0.2) is 26.6 Å². The maximum Gasteiger partial charge on any atom is 0.347 e. The first-order chi connectivity index (χ1) is 15.8. The van der Waals surface area contributed by atoms with Crippen LogP contribution < -0.4 is 5.32 Å². The lowest BCUT2D eigenvalue weighted by Crippen LogP contribution is -2.31.